The van der Waals surface area contributed by atoms with Crippen molar-refractivity contribution < 1.29 is 5.11 Å². The van der Waals surface area contributed by atoms with E-state index in [0.29, 0.717) is 6.04 Å². The van der Waals surface area contributed by atoms with Gasteiger partial charge >= 0.3 is 0 Å². The molecule has 1 aromatic rings. The van der Waals surface area contributed by atoms with E-state index >= 15 is 0 Å². The summed E-state index contributed by atoms with van der Waals surface area (Å²) in [6.07, 6.45) is 7.26. The average molecular weight is 231 g/mol. The van der Waals surface area contributed by atoms with Gasteiger partial charge in [0.2, 0.25) is 0 Å². The minimum absolute atomic E-state index is 0.260. The van der Waals surface area contributed by atoms with E-state index in [1.54, 1.807) is 0 Å². The summed E-state index contributed by atoms with van der Waals surface area (Å²) in [5.41, 5.74) is 2.07. The Morgan fingerprint density at radius 2 is 2.12 bits per heavy atom. The maximum absolute atomic E-state index is 8.83. The number of nitrogens with zero attached hydrogens (tertiary/aromatic N) is 1. The molecule has 0 aliphatic carbocycles. The molecule has 0 aromatic heterocycles. The number of unbranched alkanes of at least 4 members (excludes halogenated alkanes) is 1. The second kappa shape index (κ2) is 6.98. The number of hydrogen-bond acceptors (Lipinski definition) is 2. The van der Waals surface area contributed by atoms with Crippen LogP contribution >= 0.6 is 0 Å². The van der Waals surface area contributed by atoms with Crippen LogP contribution in [0, 0.1) is 12.3 Å². The minimum atomic E-state index is 0.260. The van der Waals surface area contributed by atoms with E-state index in [1.807, 2.05) is 18.2 Å². The van der Waals surface area contributed by atoms with E-state index in [-0.39, 0.29) is 6.61 Å². The summed E-state index contributed by atoms with van der Waals surface area (Å²) in [4.78, 5) is 2.32. The first kappa shape index (κ1) is 13.6. The Bertz CT molecular complexity index is 379. The Morgan fingerprint density at radius 1 is 1.35 bits per heavy atom. The van der Waals surface area contributed by atoms with Gasteiger partial charge in [-0.3, -0.25) is 0 Å². The summed E-state index contributed by atoms with van der Waals surface area (Å²) in [7, 11) is 0. The van der Waals surface area contributed by atoms with Gasteiger partial charge in [0.15, 0.2) is 0 Å². The number of aliphatic hydroxyl groups excluding tert-OH is 1. The number of anilines is 1. The van der Waals surface area contributed by atoms with Gasteiger partial charge in [0.05, 0.1) is 0 Å². The molecule has 92 valence electrons. The number of rotatable bonds is 6. The van der Waals surface area contributed by atoms with Crippen LogP contribution in [-0.2, 0) is 0 Å². The molecule has 17 heavy (non-hydrogen) atoms. The molecule has 2 heteroatoms. The van der Waals surface area contributed by atoms with Crippen LogP contribution in [0.5, 0.6) is 0 Å². The van der Waals surface area contributed by atoms with Crippen molar-refractivity contribution in [3.8, 4) is 12.3 Å². The van der Waals surface area contributed by atoms with Crippen molar-refractivity contribution in [2.45, 2.75) is 32.7 Å². The SMILES string of the molecule is C#Cc1cccc(N(CCCCO)C(C)C)c1. The molecule has 0 fully saturated rings. The third-order valence-corrected chi connectivity index (χ3v) is 2.77. The predicted octanol–water partition coefficient (Wildman–Crippen LogP) is 2.66. The van der Waals surface area contributed by atoms with Gasteiger partial charge in [0.25, 0.3) is 0 Å². The van der Waals surface area contributed by atoms with Crippen molar-refractivity contribution in [1.29, 1.82) is 0 Å². The molecule has 0 heterocycles. The molecular formula is C15H21NO. The van der Waals surface area contributed by atoms with Gasteiger partial charge in [-0.1, -0.05) is 12.0 Å². The first-order chi connectivity index (χ1) is 8.19. The summed E-state index contributed by atoms with van der Waals surface area (Å²) in [5, 5.41) is 8.83. The van der Waals surface area contributed by atoms with Gasteiger partial charge in [-0.05, 0) is 44.9 Å². The molecule has 0 saturated carbocycles. The van der Waals surface area contributed by atoms with Crippen molar-refractivity contribution in [3.05, 3.63) is 29.8 Å². The molecule has 0 bridgehead atoms. The van der Waals surface area contributed by atoms with Gasteiger partial charge in [-0.25, -0.2) is 0 Å². The first-order valence-corrected chi connectivity index (χ1v) is 6.13. The lowest BCUT2D eigenvalue weighted by Crippen LogP contribution is -2.31. The fourth-order valence-corrected chi connectivity index (χ4v) is 1.85. The zero-order valence-corrected chi connectivity index (χ0v) is 10.7. The summed E-state index contributed by atoms with van der Waals surface area (Å²) >= 11 is 0. The molecule has 0 atom stereocenters. The summed E-state index contributed by atoms with van der Waals surface area (Å²) in [6.45, 7) is 5.55. The fourth-order valence-electron chi connectivity index (χ4n) is 1.85. The van der Waals surface area contributed by atoms with Crippen LogP contribution in [-0.4, -0.2) is 24.3 Å². The van der Waals surface area contributed by atoms with Crippen LogP contribution in [0.4, 0.5) is 5.69 Å². The summed E-state index contributed by atoms with van der Waals surface area (Å²) in [6, 6.07) is 8.49. The Hall–Kier alpha value is -1.46. The molecule has 1 aromatic carbocycles. The molecule has 1 N–H and O–H groups in total. The topological polar surface area (TPSA) is 23.5 Å². The molecular weight excluding hydrogens is 210 g/mol. The third-order valence-electron chi connectivity index (χ3n) is 2.77. The maximum Gasteiger partial charge on any atom is 0.0431 e. The zero-order valence-electron chi connectivity index (χ0n) is 10.7. The zero-order chi connectivity index (χ0) is 12.7. The Morgan fingerprint density at radius 3 is 2.71 bits per heavy atom. The number of terminal acetylenes is 1. The molecule has 0 saturated heterocycles. The summed E-state index contributed by atoms with van der Waals surface area (Å²) in [5.74, 6) is 2.66. The molecule has 0 unspecified atom stereocenters. The van der Waals surface area contributed by atoms with Crippen molar-refractivity contribution >= 4 is 5.69 Å². The van der Waals surface area contributed by atoms with Crippen LogP contribution < -0.4 is 4.90 Å². The lowest BCUT2D eigenvalue weighted by atomic mass is 10.1. The van der Waals surface area contributed by atoms with E-state index in [2.05, 4.69) is 30.7 Å². The lowest BCUT2D eigenvalue weighted by Gasteiger charge is -2.29. The quantitative estimate of drug-likeness (QED) is 0.601. The van der Waals surface area contributed by atoms with Gasteiger partial charge in [0.1, 0.15) is 0 Å². The molecule has 0 amide bonds. The van der Waals surface area contributed by atoms with Crippen molar-refractivity contribution in [2.24, 2.45) is 0 Å². The number of aliphatic hydroxyl groups is 1. The first-order valence-electron chi connectivity index (χ1n) is 6.13. The van der Waals surface area contributed by atoms with Crippen LogP contribution in [0.15, 0.2) is 24.3 Å². The van der Waals surface area contributed by atoms with Crippen LogP contribution in [0.25, 0.3) is 0 Å². The minimum Gasteiger partial charge on any atom is -0.396 e. The number of hydrogen-bond donors (Lipinski definition) is 1. The Labute approximate surface area is 104 Å². The van der Waals surface area contributed by atoms with Gasteiger partial charge in [-0.2, -0.15) is 0 Å². The fraction of sp³-hybridized carbons (Fsp3) is 0.467. The molecule has 2 nitrogen and oxygen atoms in total. The highest BCUT2D eigenvalue weighted by Crippen LogP contribution is 2.19. The van der Waals surface area contributed by atoms with Crippen molar-refractivity contribution in [1.82, 2.24) is 0 Å². The highest BCUT2D eigenvalue weighted by Gasteiger charge is 2.10. The van der Waals surface area contributed by atoms with Crippen LogP contribution in [0.2, 0.25) is 0 Å². The normalized spacial score (nSPS) is 10.3. The van der Waals surface area contributed by atoms with E-state index in [9.17, 15) is 0 Å². The average Bonchev–Trinajstić information content (AvgIpc) is 2.34. The van der Waals surface area contributed by atoms with Crippen molar-refractivity contribution in [3.63, 3.8) is 0 Å². The molecule has 0 aliphatic rings. The van der Waals surface area contributed by atoms with Gasteiger partial charge in [0, 0.05) is 30.4 Å². The number of benzene rings is 1. The van der Waals surface area contributed by atoms with E-state index in [1.165, 1.54) is 0 Å². The van der Waals surface area contributed by atoms with Gasteiger partial charge in [-0.15, -0.1) is 6.42 Å². The lowest BCUT2D eigenvalue weighted by molar-refractivity contribution is 0.284. The van der Waals surface area contributed by atoms with Crippen LogP contribution in [0.3, 0.4) is 0 Å². The Balaban J connectivity index is 2.78. The maximum atomic E-state index is 8.83. The largest absolute Gasteiger partial charge is 0.396 e. The van der Waals surface area contributed by atoms with E-state index in [0.717, 1.165) is 30.6 Å². The monoisotopic (exact) mass is 231 g/mol. The molecule has 0 aliphatic heterocycles. The molecule has 1 rings (SSSR count). The van der Waals surface area contributed by atoms with E-state index in [4.69, 9.17) is 11.5 Å². The highest BCUT2D eigenvalue weighted by molar-refractivity contribution is 5.52. The second-order valence-electron chi connectivity index (χ2n) is 4.41. The summed E-state index contributed by atoms with van der Waals surface area (Å²) < 4.78 is 0. The highest BCUT2D eigenvalue weighted by atomic mass is 16.2. The second-order valence-corrected chi connectivity index (χ2v) is 4.41. The standard InChI is InChI=1S/C15H21NO/c1-4-14-8-7-9-15(12-14)16(13(2)3)10-5-6-11-17/h1,7-9,12-13,17H,5-6,10-11H2,2-3H3. The molecule has 0 spiro atoms. The molecule has 0 radical (unpaired) electrons. The van der Waals surface area contributed by atoms with E-state index < -0.39 is 0 Å². The van der Waals surface area contributed by atoms with Gasteiger partial charge < -0.3 is 10.0 Å². The third kappa shape index (κ3) is 4.13. The van der Waals surface area contributed by atoms with Crippen LogP contribution in [0.1, 0.15) is 32.3 Å². The smallest absolute Gasteiger partial charge is 0.0431 e. The Kier molecular flexibility index (Phi) is 5.59. The predicted molar refractivity (Wildman–Crippen MR) is 73.2 cm³/mol. The van der Waals surface area contributed by atoms with Crippen molar-refractivity contribution in [2.75, 3.05) is 18.1 Å².